The smallest absolute Gasteiger partial charge is 0.251 e. The molecular formula is C17H23FN2O2. The molecule has 120 valence electrons. The first kappa shape index (κ1) is 16.5. The van der Waals surface area contributed by atoms with Gasteiger partial charge in [0.15, 0.2) is 0 Å². The normalized spacial score (nSPS) is 21.2. The van der Waals surface area contributed by atoms with Crippen molar-refractivity contribution < 1.29 is 14.0 Å². The summed E-state index contributed by atoms with van der Waals surface area (Å²) < 4.78 is 13.6. The zero-order valence-electron chi connectivity index (χ0n) is 13.1. The van der Waals surface area contributed by atoms with E-state index in [4.69, 9.17) is 0 Å². The Balaban J connectivity index is 2.10. The number of hydrogen-bond acceptors (Lipinski definition) is 2. The zero-order chi connectivity index (χ0) is 16.1. The van der Waals surface area contributed by atoms with Crippen LogP contribution in [0.4, 0.5) is 10.1 Å². The van der Waals surface area contributed by atoms with E-state index in [1.165, 1.54) is 31.5 Å². The van der Waals surface area contributed by atoms with Crippen LogP contribution in [0.1, 0.15) is 56.3 Å². The number of amides is 2. The van der Waals surface area contributed by atoms with Crippen molar-refractivity contribution in [3.05, 3.63) is 29.6 Å². The second-order valence-electron chi connectivity index (χ2n) is 5.91. The van der Waals surface area contributed by atoms with E-state index in [1.54, 1.807) is 0 Å². The van der Waals surface area contributed by atoms with Gasteiger partial charge < -0.3 is 10.6 Å². The molecule has 2 rings (SSSR count). The van der Waals surface area contributed by atoms with E-state index >= 15 is 0 Å². The Morgan fingerprint density at radius 3 is 2.68 bits per heavy atom. The van der Waals surface area contributed by atoms with E-state index in [9.17, 15) is 14.0 Å². The first-order valence-electron chi connectivity index (χ1n) is 7.89. The molecule has 1 fully saturated rings. The molecule has 0 spiro atoms. The summed E-state index contributed by atoms with van der Waals surface area (Å²) in [5.41, 5.74) is 0.404. The van der Waals surface area contributed by atoms with Crippen LogP contribution in [0, 0.1) is 11.7 Å². The van der Waals surface area contributed by atoms with Crippen LogP contribution in [-0.2, 0) is 4.79 Å². The fraction of sp³-hybridized carbons (Fsp3) is 0.529. The van der Waals surface area contributed by atoms with Gasteiger partial charge in [0.2, 0.25) is 5.91 Å². The van der Waals surface area contributed by atoms with Crippen LogP contribution in [0.25, 0.3) is 0 Å². The number of anilines is 1. The van der Waals surface area contributed by atoms with Crippen molar-refractivity contribution in [2.24, 2.45) is 5.92 Å². The summed E-state index contributed by atoms with van der Waals surface area (Å²) >= 11 is 0. The molecule has 22 heavy (non-hydrogen) atoms. The summed E-state index contributed by atoms with van der Waals surface area (Å²) in [6, 6.07) is 4.22. The van der Waals surface area contributed by atoms with Gasteiger partial charge in [-0.05, 0) is 37.0 Å². The van der Waals surface area contributed by atoms with Crippen molar-refractivity contribution >= 4 is 17.5 Å². The third-order valence-corrected chi connectivity index (χ3v) is 4.29. The van der Waals surface area contributed by atoms with Crippen molar-refractivity contribution in [2.45, 2.75) is 52.0 Å². The molecule has 0 aliphatic heterocycles. The molecule has 2 N–H and O–H groups in total. The quantitative estimate of drug-likeness (QED) is 0.894. The molecule has 2 unspecified atom stereocenters. The molecule has 1 aromatic carbocycles. The van der Waals surface area contributed by atoms with Crippen LogP contribution < -0.4 is 10.6 Å². The molecule has 0 heterocycles. The Kier molecular flexibility index (Phi) is 5.52. The lowest BCUT2D eigenvalue weighted by molar-refractivity contribution is -0.114. The first-order chi connectivity index (χ1) is 10.5. The highest BCUT2D eigenvalue weighted by atomic mass is 19.1. The van der Waals surface area contributed by atoms with Crippen LogP contribution in [0.3, 0.4) is 0 Å². The zero-order valence-corrected chi connectivity index (χ0v) is 13.1. The average Bonchev–Trinajstić information content (AvgIpc) is 2.49. The lowest BCUT2D eigenvalue weighted by Gasteiger charge is -2.31. The Morgan fingerprint density at radius 2 is 2.00 bits per heavy atom. The highest BCUT2D eigenvalue weighted by Crippen LogP contribution is 2.27. The van der Waals surface area contributed by atoms with Gasteiger partial charge in [-0.1, -0.05) is 26.2 Å². The second kappa shape index (κ2) is 7.38. The number of carbonyl (C=O) groups excluding carboxylic acids is 2. The van der Waals surface area contributed by atoms with E-state index in [1.807, 2.05) is 0 Å². The van der Waals surface area contributed by atoms with Crippen molar-refractivity contribution in [2.75, 3.05) is 5.32 Å². The van der Waals surface area contributed by atoms with E-state index < -0.39 is 5.82 Å². The van der Waals surface area contributed by atoms with Gasteiger partial charge in [-0.15, -0.1) is 0 Å². The number of carbonyl (C=O) groups is 2. The van der Waals surface area contributed by atoms with E-state index in [0.717, 1.165) is 25.7 Å². The molecule has 2 atom stereocenters. The Labute approximate surface area is 130 Å². The standard InChI is InChI=1S/C17H23FN2O2/c1-3-12-6-4-5-7-15(12)20-17(22)13-8-9-14(18)16(10-13)19-11(2)21/h8-10,12,15H,3-7H2,1-2H3,(H,19,21)(H,20,22). The van der Waals surface area contributed by atoms with Crippen molar-refractivity contribution in [3.63, 3.8) is 0 Å². The maximum absolute atomic E-state index is 13.6. The molecule has 0 saturated heterocycles. The minimum absolute atomic E-state index is 0.0378. The van der Waals surface area contributed by atoms with Crippen LogP contribution in [-0.4, -0.2) is 17.9 Å². The maximum atomic E-state index is 13.6. The topological polar surface area (TPSA) is 58.2 Å². The number of rotatable bonds is 4. The van der Waals surface area contributed by atoms with Gasteiger partial charge in [0.25, 0.3) is 5.91 Å². The number of benzene rings is 1. The maximum Gasteiger partial charge on any atom is 0.251 e. The van der Waals surface area contributed by atoms with Gasteiger partial charge in [0, 0.05) is 18.5 Å². The Morgan fingerprint density at radius 1 is 1.27 bits per heavy atom. The lowest BCUT2D eigenvalue weighted by atomic mass is 9.83. The van der Waals surface area contributed by atoms with Crippen LogP contribution in [0.2, 0.25) is 0 Å². The minimum Gasteiger partial charge on any atom is -0.349 e. The van der Waals surface area contributed by atoms with Crippen molar-refractivity contribution in [1.82, 2.24) is 5.32 Å². The van der Waals surface area contributed by atoms with Gasteiger partial charge in [-0.3, -0.25) is 9.59 Å². The lowest BCUT2D eigenvalue weighted by Crippen LogP contribution is -2.41. The molecule has 0 bridgehead atoms. The molecule has 4 nitrogen and oxygen atoms in total. The number of halogens is 1. The van der Waals surface area contributed by atoms with Crippen LogP contribution in [0.15, 0.2) is 18.2 Å². The molecule has 1 aromatic rings. The Hall–Kier alpha value is -1.91. The summed E-state index contributed by atoms with van der Waals surface area (Å²) in [7, 11) is 0. The SMILES string of the molecule is CCC1CCCCC1NC(=O)c1ccc(F)c(NC(C)=O)c1. The average molecular weight is 306 g/mol. The molecular weight excluding hydrogens is 283 g/mol. The van der Waals surface area contributed by atoms with E-state index in [0.29, 0.717) is 11.5 Å². The molecule has 1 aliphatic carbocycles. The monoisotopic (exact) mass is 306 g/mol. The van der Waals surface area contributed by atoms with Gasteiger partial charge >= 0.3 is 0 Å². The van der Waals surface area contributed by atoms with Gasteiger partial charge in [-0.25, -0.2) is 4.39 Å². The predicted octanol–water partition coefficient (Wildman–Crippen LogP) is 3.48. The minimum atomic E-state index is -0.546. The second-order valence-corrected chi connectivity index (χ2v) is 5.91. The fourth-order valence-electron chi connectivity index (χ4n) is 3.09. The predicted molar refractivity (Wildman–Crippen MR) is 84.2 cm³/mol. The Bertz CT molecular complexity index is 560. The highest BCUT2D eigenvalue weighted by molar-refractivity contribution is 5.97. The van der Waals surface area contributed by atoms with E-state index in [2.05, 4.69) is 17.6 Å². The molecule has 1 aliphatic rings. The molecule has 2 amide bonds. The first-order valence-corrected chi connectivity index (χ1v) is 7.89. The summed E-state index contributed by atoms with van der Waals surface area (Å²) in [4.78, 5) is 23.4. The summed E-state index contributed by atoms with van der Waals surface area (Å²) in [5, 5.41) is 5.46. The van der Waals surface area contributed by atoms with E-state index in [-0.39, 0.29) is 23.5 Å². The van der Waals surface area contributed by atoms with Crippen LogP contribution in [0.5, 0.6) is 0 Å². The molecule has 1 saturated carbocycles. The van der Waals surface area contributed by atoms with Crippen molar-refractivity contribution in [1.29, 1.82) is 0 Å². The number of nitrogens with one attached hydrogen (secondary N) is 2. The van der Waals surface area contributed by atoms with Gasteiger partial charge in [0.05, 0.1) is 5.69 Å². The summed E-state index contributed by atoms with van der Waals surface area (Å²) in [5.74, 6) is -0.615. The molecule has 5 heteroatoms. The van der Waals surface area contributed by atoms with Gasteiger partial charge in [0.1, 0.15) is 5.82 Å². The third kappa shape index (κ3) is 4.06. The number of hydrogen-bond donors (Lipinski definition) is 2. The molecule has 0 radical (unpaired) electrons. The summed E-state index contributed by atoms with van der Waals surface area (Å²) in [6.45, 7) is 3.45. The molecule has 0 aromatic heterocycles. The summed E-state index contributed by atoms with van der Waals surface area (Å²) in [6.07, 6.45) is 5.52. The highest BCUT2D eigenvalue weighted by Gasteiger charge is 2.25. The van der Waals surface area contributed by atoms with Crippen molar-refractivity contribution in [3.8, 4) is 0 Å². The third-order valence-electron chi connectivity index (χ3n) is 4.29. The van der Waals surface area contributed by atoms with Gasteiger partial charge in [-0.2, -0.15) is 0 Å². The fourth-order valence-corrected chi connectivity index (χ4v) is 3.09. The van der Waals surface area contributed by atoms with Crippen LogP contribution >= 0.6 is 0 Å². The largest absolute Gasteiger partial charge is 0.349 e.